The summed E-state index contributed by atoms with van der Waals surface area (Å²) in [7, 11) is 1.48. The van der Waals surface area contributed by atoms with E-state index < -0.39 is 23.5 Å². The van der Waals surface area contributed by atoms with Gasteiger partial charge in [-0.2, -0.15) is 0 Å². The maximum Gasteiger partial charge on any atom is 0.347 e. The zero-order valence-corrected chi connectivity index (χ0v) is 18.9. The van der Waals surface area contributed by atoms with Crippen LogP contribution in [0.2, 0.25) is 0 Å². The molecule has 3 aromatic heterocycles. The Hall–Kier alpha value is -4.12. The van der Waals surface area contributed by atoms with Gasteiger partial charge in [0, 0.05) is 47.8 Å². The number of hydrogen-bond acceptors (Lipinski definition) is 6. The van der Waals surface area contributed by atoms with Gasteiger partial charge in [-0.25, -0.2) is 18.6 Å². The number of rotatable bonds is 5. The SMILES string of the molecule is COc1cc(C(N)=O)ccn1.Cc1c(=O)c(Cc2ccc(F)c(F)c2)cn2cc(C(=O)O)sc12. The molecule has 3 heterocycles. The summed E-state index contributed by atoms with van der Waals surface area (Å²) in [6, 6.07) is 6.50. The minimum Gasteiger partial charge on any atom is -0.481 e. The maximum atomic E-state index is 13.3. The van der Waals surface area contributed by atoms with Crippen LogP contribution < -0.4 is 15.9 Å². The first-order valence-electron chi connectivity index (χ1n) is 9.72. The Kier molecular flexibility index (Phi) is 7.37. The number of primary amides is 1. The van der Waals surface area contributed by atoms with Gasteiger partial charge in [0.25, 0.3) is 0 Å². The van der Waals surface area contributed by atoms with E-state index in [1.54, 1.807) is 11.3 Å². The van der Waals surface area contributed by atoms with Crippen LogP contribution in [0.4, 0.5) is 8.78 Å². The molecule has 34 heavy (non-hydrogen) atoms. The molecule has 1 aromatic carbocycles. The number of amides is 1. The highest BCUT2D eigenvalue weighted by Gasteiger charge is 2.15. The molecule has 4 rings (SSSR count). The van der Waals surface area contributed by atoms with Crippen molar-refractivity contribution in [3.63, 3.8) is 0 Å². The number of nitrogens with zero attached hydrogens (tertiary/aromatic N) is 2. The Morgan fingerprint density at radius 1 is 1.18 bits per heavy atom. The molecular weight excluding hydrogens is 468 g/mol. The number of nitrogens with two attached hydrogens (primary N) is 1. The van der Waals surface area contributed by atoms with Crippen LogP contribution in [-0.2, 0) is 6.42 Å². The molecule has 0 fully saturated rings. The van der Waals surface area contributed by atoms with Crippen LogP contribution in [0.1, 0.15) is 36.7 Å². The second-order valence-electron chi connectivity index (χ2n) is 7.10. The standard InChI is InChI=1S/C16H11F2NO3S.C7H8N2O2/c1-8-14(20)10(4-9-2-3-11(17)12(18)5-9)6-19-7-13(16(21)22)23-15(8)19;1-11-6-4-5(7(8)10)2-3-9-6/h2-3,5-7H,4H2,1H3,(H,21,22);2-4H,1H3,(H2,8,10). The first-order chi connectivity index (χ1) is 16.1. The highest BCUT2D eigenvalue weighted by atomic mass is 32.1. The Morgan fingerprint density at radius 2 is 1.91 bits per heavy atom. The van der Waals surface area contributed by atoms with Crippen molar-refractivity contribution < 1.29 is 28.2 Å². The van der Waals surface area contributed by atoms with E-state index in [4.69, 9.17) is 15.6 Å². The first-order valence-corrected chi connectivity index (χ1v) is 10.5. The van der Waals surface area contributed by atoms with Crippen LogP contribution in [0.3, 0.4) is 0 Å². The van der Waals surface area contributed by atoms with Crippen LogP contribution in [0.25, 0.3) is 4.83 Å². The van der Waals surface area contributed by atoms with Gasteiger partial charge in [-0.3, -0.25) is 9.59 Å². The second-order valence-corrected chi connectivity index (χ2v) is 8.13. The number of carboxylic acid groups (broad SMARTS) is 1. The molecule has 8 nitrogen and oxygen atoms in total. The smallest absolute Gasteiger partial charge is 0.347 e. The summed E-state index contributed by atoms with van der Waals surface area (Å²) in [5, 5.41) is 9.05. The summed E-state index contributed by atoms with van der Waals surface area (Å²) < 4.78 is 32.6. The van der Waals surface area contributed by atoms with Crippen LogP contribution in [-0.4, -0.2) is 33.5 Å². The van der Waals surface area contributed by atoms with Gasteiger partial charge < -0.3 is 20.0 Å². The number of carboxylic acids is 1. The predicted molar refractivity (Wildman–Crippen MR) is 122 cm³/mol. The number of carbonyl (C=O) groups is 2. The van der Waals surface area contributed by atoms with E-state index in [0.717, 1.165) is 23.5 Å². The number of ether oxygens (including phenoxy) is 1. The molecule has 0 aliphatic rings. The largest absolute Gasteiger partial charge is 0.481 e. The van der Waals surface area contributed by atoms with Crippen molar-refractivity contribution in [2.24, 2.45) is 5.73 Å². The van der Waals surface area contributed by atoms with E-state index in [-0.39, 0.29) is 16.7 Å². The van der Waals surface area contributed by atoms with Gasteiger partial charge in [0.1, 0.15) is 9.71 Å². The van der Waals surface area contributed by atoms with Gasteiger partial charge in [-0.05, 0) is 30.7 Å². The molecule has 0 spiro atoms. The van der Waals surface area contributed by atoms with Crippen molar-refractivity contribution in [2.45, 2.75) is 13.3 Å². The lowest BCUT2D eigenvalue weighted by atomic mass is 10.0. The fraction of sp³-hybridized carbons (Fsp3) is 0.130. The molecule has 0 bridgehead atoms. The summed E-state index contributed by atoms with van der Waals surface area (Å²) in [5.74, 6) is -3.06. The maximum absolute atomic E-state index is 13.3. The van der Waals surface area contributed by atoms with E-state index in [2.05, 4.69) is 4.98 Å². The monoisotopic (exact) mass is 487 g/mol. The number of aryl methyl sites for hydroxylation is 1. The molecule has 1 amide bonds. The highest BCUT2D eigenvalue weighted by Crippen LogP contribution is 2.21. The summed E-state index contributed by atoms with van der Waals surface area (Å²) in [4.78, 5) is 38.5. The predicted octanol–water partition coefficient (Wildman–Crippen LogP) is 3.43. The Labute approximate surface area is 195 Å². The summed E-state index contributed by atoms with van der Waals surface area (Å²) >= 11 is 1.02. The zero-order chi connectivity index (χ0) is 25.0. The number of hydrogen-bond donors (Lipinski definition) is 2. The second kappa shape index (κ2) is 10.2. The van der Waals surface area contributed by atoms with Crippen molar-refractivity contribution in [1.82, 2.24) is 9.38 Å². The van der Waals surface area contributed by atoms with Gasteiger partial charge in [0.05, 0.1) is 7.11 Å². The van der Waals surface area contributed by atoms with Crippen LogP contribution in [0, 0.1) is 18.6 Å². The number of benzene rings is 1. The molecule has 11 heteroatoms. The Bertz CT molecular complexity index is 1450. The number of aromatic nitrogens is 2. The minimum absolute atomic E-state index is 0.123. The summed E-state index contributed by atoms with van der Waals surface area (Å²) in [5.41, 5.74) is 6.48. The lowest BCUT2D eigenvalue weighted by Gasteiger charge is -2.05. The molecule has 0 radical (unpaired) electrons. The fourth-order valence-electron chi connectivity index (χ4n) is 3.07. The Morgan fingerprint density at radius 3 is 2.53 bits per heavy atom. The fourth-order valence-corrected chi connectivity index (χ4v) is 3.99. The minimum atomic E-state index is -1.06. The third-order valence-electron chi connectivity index (χ3n) is 4.76. The number of aromatic carboxylic acids is 1. The number of methoxy groups -OCH3 is 1. The number of fused-ring (bicyclic) bond motifs is 1. The van der Waals surface area contributed by atoms with Gasteiger partial charge >= 0.3 is 5.97 Å². The number of thiazole rings is 1. The average Bonchev–Trinajstić information content (AvgIpc) is 3.25. The van der Waals surface area contributed by atoms with Crippen LogP contribution in [0.5, 0.6) is 5.88 Å². The van der Waals surface area contributed by atoms with E-state index in [1.807, 2.05) is 0 Å². The van der Waals surface area contributed by atoms with Crippen molar-refractivity contribution >= 4 is 28.0 Å². The number of pyridine rings is 2. The molecule has 0 unspecified atom stereocenters. The summed E-state index contributed by atoms with van der Waals surface area (Å²) in [6.45, 7) is 1.62. The van der Waals surface area contributed by atoms with E-state index >= 15 is 0 Å². The quantitative estimate of drug-likeness (QED) is 0.445. The molecule has 3 N–H and O–H groups in total. The summed E-state index contributed by atoms with van der Waals surface area (Å²) in [6.07, 6.45) is 4.58. The van der Waals surface area contributed by atoms with E-state index in [1.165, 1.54) is 43.9 Å². The van der Waals surface area contributed by atoms with Crippen LogP contribution >= 0.6 is 11.3 Å². The Balaban J connectivity index is 0.000000248. The number of halogens is 2. The van der Waals surface area contributed by atoms with Gasteiger partial charge in [0.2, 0.25) is 11.8 Å². The van der Waals surface area contributed by atoms with Crippen molar-refractivity contribution in [2.75, 3.05) is 7.11 Å². The molecular formula is C23H19F2N3O5S. The van der Waals surface area contributed by atoms with Crippen molar-refractivity contribution in [1.29, 1.82) is 0 Å². The molecule has 0 aliphatic heterocycles. The third-order valence-corrected chi connectivity index (χ3v) is 5.97. The molecule has 0 saturated carbocycles. The zero-order valence-electron chi connectivity index (χ0n) is 18.0. The van der Waals surface area contributed by atoms with Crippen molar-refractivity contribution in [3.05, 3.63) is 97.9 Å². The van der Waals surface area contributed by atoms with Crippen molar-refractivity contribution in [3.8, 4) is 5.88 Å². The van der Waals surface area contributed by atoms with Crippen LogP contribution in [0.15, 0.2) is 53.7 Å². The first kappa shape index (κ1) is 24.5. The lowest BCUT2D eigenvalue weighted by molar-refractivity contribution is 0.0701. The van der Waals surface area contributed by atoms with E-state index in [9.17, 15) is 23.2 Å². The van der Waals surface area contributed by atoms with Gasteiger partial charge in [-0.1, -0.05) is 6.07 Å². The molecule has 0 saturated heterocycles. The topological polar surface area (TPSA) is 124 Å². The number of carbonyl (C=O) groups excluding carboxylic acids is 1. The van der Waals surface area contributed by atoms with Gasteiger partial charge in [0.15, 0.2) is 17.1 Å². The van der Waals surface area contributed by atoms with Gasteiger partial charge in [-0.15, -0.1) is 11.3 Å². The average molecular weight is 487 g/mol. The third kappa shape index (κ3) is 5.44. The normalized spacial score (nSPS) is 10.5. The molecule has 4 aromatic rings. The molecule has 0 atom stereocenters. The lowest BCUT2D eigenvalue weighted by Crippen LogP contribution is -2.14. The highest BCUT2D eigenvalue weighted by molar-refractivity contribution is 7.19. The molecule has 0 aliphatic carbocycles. The molecule has 176 valence electrons. The van der Waals surface area contributed by atoms with E-state index in [0.29, 0.717) is 33.0 Å².